The van der Waals surface area contributed by atoms with Gasteiger partial charge in [-0.2, -0.15) is 0 Å². The predicted octanol–water partition coefficient (Wildman–Crippen LogP) is 13.9. The third-order valence-electron chi connectivity index (χ3n) is 10.7. The van der Waals surface area contributed by atoms with Crippen LogP contribution in [0.3, 0.4) is 0 Å². The van der Waals surface area contributed by atoms with E-state index in [0.717, 1.165) is 0 Å². The number of hydrogen-bond acceptors (Lipinski definition) is 0. The minimum absolute atomic E-state index is 0.104. The molecule has 8 aromatic carbocycles. The predicted molar refractivity (Wildman–Crippen MR) is 209 cm³/mol. The van der Waals surface area contributed by atoms with Crippen LogP contribution in [0, 0.1) is 0 Å². The third kappa shape index (κ3) is 4.36. The van der Waals surface area contributed by atoms with Gasteiger partial charge >= 0.3 is 0 Å². The molecule has 0 unspecified atom stereocenters. The minimum Gasteiger partial charge on any atom is -0.0616 e. The normalized spacial score (nSPS) is 12.8. The highest BCUT2D eigenvalue weighted by Gasteiger charge is 2.24. The van der Waals surface area contributed by atoms with Crippen molar-refractivity contribution in [2.75, 3.05) is 0 Å². The van der Waals surface area contributed by atoms with Crippen LogP contribution in [0.1, 0.15) is 52.7 Å². The highest BCUT2D eigenvalue weighted by Crippen LogP contribution is 2.51. The van der Waals surface area contributed by atoms with E-state index in [9.17, 15) is 0 Å². The molecule has 0 heterocycles. The van der Waals surface area contributed by atoms with Crippen molar-refractivity contribution in [1.29, 1.82) is 0 Å². The van der Waals surface area contributed by atoms with Gasteiger partial charge in [0.15, 0.2) is 0 Å². The van der Waals surface area contributed by atoms with Gasteiger partial charge in [-0.15, -0.1) is 0 Å². The molecule has 0 spiro atoms. The molecule has 0 heteroatoms. The fourth-order valence-electron chi connectivity index (χ4n) is 8.06. The number of fused-ring (bicyclic) bond motifs is 8. The Morgan fingerprint density at radius 2 is 0.729 bits per heavy atom. The second-order valence-corrected chi connectivity index (χ2v) is 15.8. The van der Waals surface area contributed by atoms with Crippen LogP contribution >= 0.6 is 0 Å². The zero-order valence-corrected chi connectivity index (χ0v) is 28.7. The van der Waals surface area contributed by atoms with Crippen LogP contribution in [0.15, 0.2) is 133 Å². The maximum atomic E-state index is 2.50. The molecule has 232 valence electrons. The van der Waals surface area contributed by atoms with E-state index in [1.807, 2.05) is 0 Å². The van der Waals surface area contributed by atoms with E-state index in [-0.39, 0.29) is 10.8 Å². The van der Waals surface area contributed by atoms with Crippen LogP contribution in [-0.2, 0) is 10.8 Å². The van der Waals surface area contributed by atoms with Gasteiger partial charge in [0.1, 0.15) is 0 Å². The Morgan fingerprint density at radius 3 is 1.25 bits per heavy atom. The van der Waals surface area contributed by atoms with Crippen LogP contribution in [0.5, 0.6) is 0 Å². The van der Waals surface area contributed by atoms with E-state index in [1.165, 1.54) is 98.7 Å². The standard InChI is InChI=1S/C48H40/c1-47(2,3)32-21-17-29(18-22-32)38-25-44-40(35-14-8-7-13-34(35)38)26-39(30-19-23-33(24-20-30)48(4,5)6)43-27-41-36-15-9-11-31-12-10-16-37(46(31)36)42(41)28-45(43)44/h7-28H,1-6H3. The maximum Gasteiger partial charge on any atom is -0.00264 e. The summed E-state index contributed by atoms with van der Waals surface area (Å²) in [6.07, 6.45) is 0. The van der Waals surface area contributed by atoms with Crippen LogP contribution < -0.4 is 0 Å². The summed E-state index contributed by atoms with van der Waals surface area (Å²) in [6, 6.07) is 50.9. The first-order valence-electron chi connectivity index (χ1n) is 17.3. The van der Waals surface area contributed by atoms with Gasteiger partial charge in [0.05, 0.1) is 0 Å². The summed E-state index contributed by atoms with van der Waals surface area (Å²) in [5.74, 6) is 0. The second kappa shape index (κ2) is 10.1. The van der Waals surface area contributed by atoms with Crippen molar-refractivity contribution in [3.05, 3.63) is 145 Å². The average molecular weight is 617 g/mol. The molecule has 0 saturated carbocycles. The molecule has 1 aliphatic carbocycles. The number of rotatable bonds is 2. The summed E-state index contributed by atoms with van der Waals surface area (Å²) in [6.45, 7) is 13.7. The summed E-state index contributed by atoms with van der Waals surface area (Å²) < 4.78 is 0. The molecule has 0 N–H and O–H groups in total. The highest BCUT2D eigenvalue weighted by molar-refractivity contribution is 6.27. The fraction of sp³-hybridized carbons (Fsp3) is 0.167. The highest BCUT2D eigenvalue weighted by atomic mass is 14.3. The van der Waals surface area contributed by atoms with Gasteiger partial charge in [-0.1, -0.05) is 151 Å². The molecule has 0 nitrogen and oxygen atoms in total. The summed E-state index contributed by atoms with van der Waals surface area (Å²) >= 11 is 0. The summed E-state index contributed by atoms with van der Waals surface area (Å²) in [4.78, 5) is 0. The van der Waals surface area contributed by atoms with E-state index in [0.29, 0.717) is 0 Å². The van der Waals surface area contributed by atoms with Crippen molar-refractivity contribution in [1.82, 2.24) is 0 Å². The summed E-state index contributed by atoms with van der Waals surface area (Å²) in [7, 11) is 0. The van der Waals surface area contributed by atoms with Crippen LogP contribution in [0.4, 0.5) is 0 Å². The second-order valence-electron chi connectivity index (χ2n) is 15.8. The molecule has 0 aliphatic heterocycles. The lowest BCUT2D eigenvalue weighted by Gasteiger charge is -2.21. The molecule has 0 aromatic heterocycles. The quantitative estimate of drug-likeness (QED) is 0.170. The van der Waals surface area contributed by atoms with Gasteiger partial charge in [0, 0.05) is 0 Å². The third-order valence-corrected chi connectivity index (χ3v) is 10.7. The van der Waals surface area contributed by atoms with E-state index >= 15 is 0 Å². The lowest BCUT2D eigenvalue weighted by molar-refractivity contribution is 0.590. The zero-order valence-electron chi connectivity index (χ0n) is 28.7. The molecule has 8 aromatic rings. The first kappa shape index (κ1) is 29.0. The molecular weight excluding hydrogens is 577 g/mol. The molecule has 9 rings (SSSR count). The van der Waals surface area contributed by atoms with E-state index in [4.69, 9.17) is 0 Å². The largest absolute Gasteiger partial charge is 0.0616 e. The van der Waals surface area contributed by atoms with E-state index < -0.39 is 0 Å². The summed E-state index contributed by atoms with van der Waals surface area (Å²) in [5.41, 5.74) is 13.4. The molecule has 48 heavy (non-hydrogen) atoms. The van der Waals surface area contributed by atoms with Gasteiger partial charge in [0.2, 0.25) is 0 Å². The molecule has 0 fully saturated rings. The molecule has 0 saturated heterocycles. The first-order chi connectivity index (χ1) is 23.1. The molecule has 0 atom stereocenters. The van der Waals surface area contributed by atoms with Crippen molar-refractivity contribution < 1.29 is 0 Å². The molecule has 0 radical (unpaired) electrons. The molecule has 0 amide bonds. The minimum atomic E-state index is 0.104. The Morgan fingerprint density at radius 1 is 0.312 bits per heavy atom. The molecular formula is C48H40. The van der Waals surface area contributed by atoms with E-state index in [2.05, 4.69) is 175 Å². The Balaban J connectivity index is 1.39. The number of hydrogen-bond donors (Lipinski definition) is 0. The lowest BCUT2D eigenvalue weighted by Crippen LogP contribution is -2.10. The van der Waals surface area contributed by atoms with E-state index in [1.54, 1.807) is 0 Å². The fourth-order valence-corrected chi connectivity index (χ4v) is 8.06. The van der Waals surface area contributed by atoms with Crippen molar-refractivity contribution in [2.45, 2.75) is 52.4 Å². The van der Waals surface area contributed by atoms with Crippen molar-refractivity contribution >= 4 is 43.1 Å². The number of benzene rings is 8. The van der Waals surface area contributed by atoms with Crippen molar-refractivity contribution in [2.24, 2.45) is 0 Å². The summed E-state index contributed by atoms with van der Waals surface area (Å²) in [5, 5.41) is 10.5. The maximum absolute atomic E-state index is 2.50. The van der Waals surface area contributed by atoms with Crippen molar-refractivity contribution in [3.63, 3.8) is 0 Å². The smallest absolute Gasteiger partial charge is 0.00264 e. The molecule has 1 aliphatic rings. The van der Waals surface area contributed by atoms with Gasteiger partial charge in [0.25, 0.3) is 0 Å². The van der Waals surface area contributed by atoms with Crippen molar-refractivity contribution in [3.8, 4) is 44.5 Å². The average Bonchev–Trinajstić information content (AvgIpc) is 3.40. The Bertz CT molecular complexity index is 2580. The van der Waals surface area contributed by atoms with Crippen LogP contribution in [0.25, 0.3) is 87.6 Å². The Labute approximate surface area is 283 Å². The van der Waals surface area contributed by atoms with Gasteiger partial charge in [-0.05, 0) is 134 Å². The van der Waals surface area contributed by atoms with Gasteiger partial charge < -0.3 is 0 Å². The Kier molecular flexibility index (Phi) is 6.13. The van der Waals surface area contributed by atoms with Crippen LogP contribution in [0.2, 0.25) is 0 Å². The zero-order chi connectivity index (χ0) is 32.9. The first-order valence-corrected chi connectivity index (χ1v) is 17.3. The monoisotopic (exact) mass is 616 g/mol. The lowest BCUT2D eigenvalue weighted by atomic mass is 9.83. The van der Waals surface area contributed by atoms with Crippen LogP contribution in [-0.4, -0.2) is 0 Å². The van der Waals surface area contributed by atoms with Gasteiger partial charge in [-0.25, -0.2) is 0 Å². The van der Waals surface area contributed by atoms with Gasteiger partial charge in [-0.3, -0.25) is 0 Å². The molecule has 0 bridgehead atoms. The topological polar surface area (TPSA) is 0 Å². The Hall–Kier alpha value is -5.20. The SMILES string of the molecule is CC(C)(C)c1ccc(-c2cc3c4cc5c(cc4c(-c4ccc(C(C)(C)C)cc4)cc3c3ccccc23)-c2cccc3cccc-5c23)cc1.